The number of alkyl halides is 3. The lowest BCUT2D eigenvalue weighted by Crippen LogP contribution is -2.59. The van der Waals surface area contributed by atoms with Crippen LogP contribution >= 0.6 is 0 Å². The van der Waals surface area contributed by atoms with Gasteiger partial charge in [0.1, 0.15) is 11.6 Å². The molecule has 1 fully saturated rings. The first kappa shape index (κ1) is 26.9. The molecule has 2 aromatic rings. The van der Waals surface area contributed by atoms with Crippen LogP contribution in [0.2, 0.25) is 0 Å². The summed E-state index contributed by atoms with van der Waals surface area (Å²) in [6, 6.07) is 10.8. The third kappa shape index (κ3) is 6.13. The third-order valence-electron chi connectivity index (χ3n) is 6.65. The number of hydrogen-bond acceptors (Lipinski definition) is 5. The highest BCUT2D eigenvalue weighted by molar-refractivity contribution is 5.94. The van der Waals surface area contributed by atoms with Gasteiger partial charge in [-0.15, -0.1) is 0 Å². The molecular weight excluding hydrogens is 464 g/mol. The van der Waals surface area contributed by atoms with Crippen LogP contribution in [0.4, 0.5) is 23.2 Å². The normalized spacial score (nSPS) is 17.2. The molecule has 0 aliphatic carbocycles. The highest BCUT2D eigenvalue weighted by Gasteiger charge is 2.57. The van der Waals surface area contributed by atoms with E-state index < -0.39 is 36.0 Å². The van der Waals surface area contributed by atoms with Crippen LogP contribution in [0.5, 0.6) is 5.75 Å². The molecule has 1 N–H and O–H groups in total. The highest BCUT2D eigenvalue weighted by Crippen LogP contribution is 2.44. The first-order chi connectivity index (χ1) is 16.3. The Kier molecular flexibility index (Phi) is 7.81. The van der Waals surface area contributed by atoms with Crippen molar-refractivity contribution in [1.29, 1.82) is 0 Å². The van der Waals surface area contributed by atoms with E-state index >= 15 is 0 Å². The SMILES string of the molecule is COc1ccc(F)cc1C(C)(C)CC(O)(CN1CCN(c2ccc(C(C)=O)cc2)CC1)C(F)(F)F. The lowest BCUT2D eigenvalue weighted by molar-refractivity contribution is -0.271. The van der Waals surface area contributed by atoms with Crippen LogP contribution in [0.15, 0.2) is 42.5 Å². The Balaban J connectivity index is 1.74. The van der Waals surface area contributed by atoms with Crippen LogP contribution in [-0.2, 0) is 5.41 Å². The number of piperazine rings is 1. The number of rotatable bonds is 8. The molecule has 1 saturated heterocycles. The van der Waals surface area contributed by atoms with E-state index in [4.69, 9.17) is 4.74 Å². The molecule has 5 nitrogen and oxygen atoms in total. The maximum absolute atomic E-state index is 14.2. The van der Waals surface area contributed by atoms with Gasteiger partial charge in [0.05, 0.1) is 7.11 Å². The minimum Gasteiger partial charge on any atom is -0.496 e. The maximum Gasteiger partial charge on any atom is 0.418 e. The van der Waals surface area contributed by atoms with E-state index in [0.29, 0.717) is 31.7 Å². The molecule has 1 unspecified atom stereocenters. The largest absolute Gasteiger partial charge is 0.496 e. The van der Waals surface area contributed by atoms with Gasteiger partial charge in [-0.2, -0.15) is 13.2 Å². The number of methoxy groups -OCH3 is 1. The second-order valence-corrected chi connectivity index (χ2v) is 9.80. The summed E-state index contributed by atoms with van der Waals surface area (Å²) in [6.45, 7) is 5.61. The van der Waals surface area contributed by atoms with Gasteiger partial charge in [0, 0.05) is 49.5 Å². The summed E-state index contributed by atoms with van der Waals surface area (Å²) in [7, 11) is 1.37. The van der Waals surface area contributed by atoms with Gasteiger partial charge in [-0.25, -0.2) is 4.39 Å². The summed E-state index contributed by atoms with van der Waals surface area (Å²) >= 11 is 0. The second-order valence-electron chi connectivity index (χ2n) is 9.80. The van der Waals surface area contributed by atoms with Crippen molar-refractivity contribution in [2.24, 2.45) is 0 Å². The summed E-state index contributed by atoms with van der Waals surface area (Å²) in [6.07, 6.45) is -5.54. The lowest BCUT2D eigenvalue weighted by atomic mass is 9.74. The molecular formula is C26H32F4N2O3. The molecule has 1 atom stereocenters. The first-order valence-corrected chi connectivity index (χ1v) is 11.5. The van der Waals surface area contributed by atoms with Crippen molar-refractivity contribution in [2.75, 3.05) is 44.7 Å². The average Bonchev–Trinajstić information content (AvgIpc) is 2.78. The third-order valence-corrected chi connectivity index (χ3v) is 6.65. The molecule has 0 bridgehead atoms. The van der Waals surface area contributed by atoms with Crippen molar-refractivity contribution in [3.63, 3.8) is 0 Å². The van der Waals surface area contributed by atoms with E-state index in [2.05, 4.69) is 0 Å². The number of ketones is 1. The van der Waals surface area contributed by atoms with Crippen molar-refractivity contribution in [3.05, 3.63) is 59.4 Å². The minimum absolute atomic E-state index is 0.0356. The Labute approximate surface area is 203 Å². The Morgan fingerprint density at radius 3 is 2.14 bits per heavy atom. The molecule has 0 amide bonds. The van der Waals surface area contributed by atoms with Gasteiger partial charge < -0.3 is 14.7 Å². The fourth-order valence-corrected chi connectivity index (χ4v) is 4.72. The zero-order chi connectivity index (χ0) is 26.0. The Hall–Kier alpha value is -2.65. The monoisotopic (exact) mass is 496 g/mol. The Morgan fingerprint density at radius 2 is 1.63 bits per heavy atom. The summed E-state index contributed by atoms with van der Waals surface area (Å²) < 4.78 is 61.7. The molecule has 192 valence electrons. The second kappa shape index (κ2) is 10.1. The van der Waals surface area contributed by atoms with E-state index in [9.17, 15) is 27.5 Å². The number of anilines is 1. The van der Waals surface area contributed by atoms with Gasteiger partial charge >= 0.3 is 6.18 Å². The number of ether oxygens (including phenoxy) is 1. The first-order valence-electron chi connectivity index (χ1n) is 11.5. The highest BCUT2D eigenvalue weighted by atomic mass is 19.4. The van der Waals surface area contributed by atoms with Gasteiger partial charge in [0.2, 0.25) is 0 Å². The van der Waals surface area contributed by atoms with Crippen LogP contribution in [0.1, 0.15) is 43.1 Å². The predicted octanol–water partition coefficient (Wildman–Crippen LogP) is 4.82. The number of hydrogen-bond donors (Lipinski definition) is 1. The molecule has 35 heavy (non-hydrogen) atoms. The number of carbonyl (C=O) groups excluding carboxylic acids is 1. The van der Waals surface area contributed by atoms with Gasteiger partial charge in [0.25, 0.3) is 0 Å². The molecule has 0 spiro atoms. The van der Waals surface area contributed by atoms with Gasteiger partial charge in [0.15, 0.2) is 11.4 Å². The quantitative estimate of drug-likeness (QED) is 0.420. The molecule has 0 saturated carbocycles. The minimum atomic E-state index is -4.88. The topological polar surface area (TPSA) is 53.0 Å². The number of halogens is 4. The van der Waals surface area contributed by atoms with Crippen LogP contribution in [0.3, 0.4) is 0 Å². The van der Waals surface area contributed by atoms with E-state index in [1.54, 1.807) is 30.9 Å². The van der Waals surface area contributed by atoms with Crippen molar-refractivity contribution < 1.29 is 32.2 Å². The number of aliphatic hydroxyl groups is 1. The lowest BCUT2D eigenvalue weighted by Gasteiger charge is -2.43. The van der Waals surface area contributed by atoms with E-state index in [0.717, 1.165) is 11.8 Å². The van der Waals surface area contributed by atoms with Crippen LogP contribution in [0.25, 0.3) is 0 Å². The molecule has 3 rings (SSSR count). The predicted molar refractivity (Wildman–Crippen MR) is 127 cm³/mol. The molecule has 0 radical (unpaired) electrons. The summed E-state index contributed by atoms with van der Waals surface area (Å²) in [5, 5.41) is 10.9. The van der Waals surface area contributed by atoms with Crippen molar-refractivity contribution in [3.8, 4) is 5.75 Å². The van der Waals surface area contributed by atoms with Crippen molar-refractivity contribution in [1.82, 2.24) is 4.90 Å². The summed E-state index contributed by atoms with van der Waals surface area (Å²) in [5.41, 5.74) is -2.47. The van der Waals surface area contributed by atoms with Gasteiger partial charge in [-0.3, -0.25) is 9.69 Å². The number of β-amino-alcohol motifs (C(OH)–C–C–N with tert-alkyl or cyclic N) is 1. The number of benzene rings is 2. The van der Waals surface area contributed by atoms with E-state index in [1.165, 1.54) is 26.2 Å². The number of carbonyl (C=O) groups is 1. The Morgan fingerprint density at radius 1 is 1.03 bits per heavy atom. The van der Waals surface area contributed by atoms with E-state index in [-0.39, 0.29) is 17.1 Å². The fourth-order valence-electron chi connectivity index (χ4n) is 4.72. The average molecular weight is 497 g/mol. The van der Waals surface area contributed by atoms with Gasteiger partial charge in [-0.05, 0) is 61.2 Å². The fraction of sp³-hybridized carbons (Fsp3) is 0.500. The number of nitrogens with zero attached hydrogens (tertiary/aromatic N) is 2. The molecule has 1 aliphatic rings. The van der Waals surface area contributed by atoms with Crippen LogP contribution in [0, 0.1) is 5.82 Å². The summed E-state index contributed by atoms with van der Waals surface area (Å²) in [5.74, 6) is -0.353. The van der Waals surface area contributed by atoms with Gasteiger partial charge in [-0.1, -0.05) is 13.8 Å². The maximum atomic E-state index is 14.2. The van der Waals surface area contributed by atoms with E-state index in [1.807, 2.05) is 17.0 Å². The number of Topliss-reactive ketones (excluding diaryl/α,β-unsaturated/α-hetero) is 1. The zero-order valence-corrected chi connectivity index (χ0v) is 20.5. The van der Waals surface area contributed by atoms with Crippen LogP contribution in [-0.4, -0.2) is 67.4 Å². The smallest absolute Gasteiger partial charge is 0.418 e. The standard InChI is InChI=1S/C26H32F4N2O3/c1-18(33)19-5-8-21(9-6-19)32-13-11-31(12-14-32)17-25(34,26(28,29)30)16-24(2,3)22-15-20(27)7-10-23(22)35-4/h5-10,15,34H,11-14,16-17H2,1-4H3. The molecule has 9 heteroatoms. The van der Waals surface area contributed by atoms with Crippen molar-refractivity contribution >= 4 is 11.5 Å². The summed E-state index contributed by atoms with van der Waals surface area (Å²) in [4.78, 5) is 15.1. The van der Waals surface area contributed by atoms with Crippen molar-refractivity contribution in [2.45, 2.75) is 44.4 Å². The zero-order valence-electron chi connectivity index (χ0n) is 20.5. The van der Waals surface area contributed by atoms with Crippen LogP contribution < -0.4 is 9.64 Å². The Bertz CT molecular complexity index is 1030. The molecule has 1 aliphatic heterocycles. The molecule has 0 aromatic heterocycles. The molecule has 2 aromatic carbocycles. The molecule has 1 heterocycles.